The molecule has 0 saturated carbocycles. The van der Waals surface area contributed by atoms with Gasteiger partial charge < -0.3 is 10.6 Å². The lowest BCUT2D eigenvalue weighted by Gasteiger charge is -2.14. The van der Waals surface area contributed by atoms with E-state index in [1.165, 1.54) is 12.8 Å². The van der Waals surface area contributed by atoms with Crippen LogP contribution in [-0.2, 0) is 0 Å². The standard InChI is InChI=1S/C10H24N2/c1-5-7-12-10(4)6-8-11-9(2)3/h9-12H,5-8H2,1-4H3. The first-order valence-corrected chi connectivity index (χ1v) is 5.13. The zero-order valence-electron chi connectivity index (χ0n) is 8.98. The van der Waals surface area contributed by atoms with Gasteiger partial charge in [-0.2, -0.15) is 0 Å². The topological polar surface area (TPSA) is 24.1 Å². The smallest absolute Gasteiger partial charge is 0.00508 e. The van der Waals surface area contributed by atoms with Crippen molar-refractivity contribution < 1.29 is 0 Å². The van der Waals surface area contributed by atoms with Gasteiger partial charge in [0.25, 0.3) is 0 Å². The Morgan fingerprint density at radius 1 is 1.00 bits per heavy atom. The molecule has 0 rings (SSSR count). The molecular weight excluding hydrogens is 148 g/mol. The molecule has 2 nitrogen and oxygen atoms in total. The lowest BCUT2D eigenvalue weighted by Crippen LogP contribution is -2.32. The minimum atomic E-state index is 0.614. The van der Waals surface area contributed by atoms with E-state index in [1.807, 2.05) is 0 Å². The van der Waals surface area contributed by atoms with E-state index in [1.54, 1.807) is 0 Å². The lowest BCUT2D eigenvalue weighted by molar-refractivity contribution is 0.475. The van der Waals surface area contributed by atoms with Crippen molar-refractivity contribution in [1.29, 1.82) is 0 Å². The third-order valence-corrected chi connectivity index (χ3v) is 1.87. The molecule has 2 N–H and O–H groups in total. The molecule has 0 fully saturated rings. The van der Waals surface area contributed by atoms with E-state index in [2.05, 4.69) is 38.3 Å². The Morgan fingerprint density at radius 2 is 1.67 bits per heavy atom. The molecule has 0 amide bonds. The molecule has 12 heavy (non-hydrogen) atoms. The number of hydrogen-bond donors (Lipinski definition) is 2. The molecule has 0 aliphatic carbocycles. The van der Waals surface area contributed by atoms with Crippen LogP contribution >= 0.6 is 0 Å². The molecule has 0 bridgehead atoms. The van der Waals surface area contributed by atoms with E-state index in [0.717, 1.165) is 13.1 Å². The van der Waals surface area contributed by atoms with Crippen molar-refractivity contribution in [2.24, 2.45) is 0 Å². The van der Waals surface area contributed by atoms with Crippen molar-refractivity contribution >= 4 is 0 Å². The van der Waals surface area contributed by atoms with Gasteiger partial charge in [-0.25, -0.2) is 0 Å². The summed E-state index contributed by atoms with van der Waals surface area (Å²) in [6.07, 6.45) is 2.44. The van der Waals surface area contributed by atoms with Crippen LogP contribution in [0.15, 0.2) is 0 Å². The van der Waals surface area contributed by atoms with Crippen LogP contribution in [0.3, 0.4) is 0 Å². The molecule has 0 aromatic carbocycles. The average molecular weight is 172 g/mol. The van der Waals surface area contributed by atoms with Gasteiger partial charge in [-0.05, 0) is 32.9 Å². The van der Waals surface area contributed by atoms with Gasteiger partial charge in [-0.3, -0.25) is 0 Å². The highest BCUT2D eigenvalue weighted by Crippen LogP contribution is 1.89. The second-order valence-electron chi connectivity index (χ2n) is 3.75. The molecule has 1 atom stereocenters. The first kappa shape index (κ1) is 11.9. The highest BCUT2D eigenvalue weighted by atomic mass is 14.9. The van der Waals surface area contributed by atoms with Gasteiger partial charge in [0.15, 0.2) is 0 Å². The highest BCUT2D eigenvalue weighted by Gasteiger charge is 1.99. The zero-order chi connectivity index (χ0) is 9.40. The molecule has 2 heteroatoms. The molecule has 0 spiro atoms. The maximum absolute atomic E-state index is 3.47. The number of hydrogen-bond acceptors (Lipinski definition) is 2. The van der Waals surface area contributed by atoms with Gasteiger partial charge in [0.2, 0.25) is 0 Å². The molecule has 0 aliphatic rings. The maximum Gasteiger partial charge on any atom is 0.00508 e. The summed E-state index contributed by atoms with van der Waals surface area (Å²) in [4.78, 5) is 0. The van der Waals surface area contributed by atoms with Crippen LogP contribution in [0, 0.1) is 0 Å². The maximum atomic E-state index is 3.47. The van der Waals surface area contributed by atoms with Crippen LogP contribution in [0.5, 0.6) is 0 Å². The van der Waals surface area contributed by atoms with E-state index in [4.69, 9.17) is 0 Å². The van der Waals surface area contributed by atoms with Crippen molar-refractivity contribution in [2.45, 2.75) is 52.6 Å². The van der Waals surface area contributed by atoms with Crippen molar-refractivity contribution in [3.05, 3.63) is 0 Å². The van der Waals surface area contributed by atoms with Gasteiger partial charge in [0, 0.05) is 12.1 Å². The van der Waals surface area contributed by atoms with Gasteiger partial charge >= 0.3 is 0 Å². The van der Waals surface area contributed by atoms with Crippen LogP contribution in [0.4, 0.5) is 0 Å². The molecule has 1 unspecified atom stereocenters. The fourth-order valence-electron chi connectivity index (χ4n) is 1.08. The SMILES string of the molecule is CCCNC(C)CCNC(C)C. The third-order valence-electron chi connectivity index (χ3n) is 1.87. The molecule has 0 saturated heterocycles. The van der Waals surface area contributed by atoms with E-state index in [9.17, 15) is 0 Å². The van der Waals surface area contributed by atoms with Crippen molar-refractivity contribution in [2.75, 3.05) is 13.1 Å². The third kappa shape index (κ3) is 8.02. The Bertz CT molecular complexity index is 91.8. The predicted octanol–water partition coefficient (Wildman–Crippen LogP) is 1.76. The monoisotopic (exact) mass is 172 g/mol. The van der Waals surface area contributed by atoms with Gasteiger partial charge in [-0.1, -0.05) is 20.8 Å². The minimum absolute atomic E-state index is 0.614. The summed E-state index contributed by atoms with van der Waals surface area (Å²) in [5.41, 5.74) is 0. The highest BCUT2D eigenvalue weighted by molar-refractivity contribution is 4.62. The molecular formula is C10H24N2. The summed E-state index contributed by atoms with van der Waals surface area (Å²) in [5, 5.41) is 6.88. The van der Waals surface area contributed by atoms with Crippen molar-refractivity contribution in [1.82, 2.24) is 10.6 Å². The molecule has 0 aromatic rings. The first-order valence-electron chi connectivity index (χ1n) is 5.13. The summed E-state index contributed by atoms with van der Waals surface area (Å²) in [5.74, 6) is 0. The van der Waals surface area contributed by atoms with Crippen LogP contribution in [0.25, 0.3) is 0 Å². The Morgan fingerprint density at radius 3 is 2.17 bits per heavy atom. The zero-order valence-corrected chi connectivity index (χ0v) is 8.98. The molecule has 74 valence electrons. The largest absolute Gasteiger partial charge is 0.314 e. The van der Waals surface area contributed by atoms with Gasteiger partial charge in [0.05, 0.1) is 0 Å². The summed E-state index contributed by atoms with van der Waals surface area (Å²) in [6, 6.07) is 1.26. The average Bonchev–Trinajstić information content (AvgIpc) is 2.00. The van der Waals surface area contributed by atoms with Crippen LogP contribution in [-0.4, -0.2) is 25.2 Å². The van der Waals surface area contributed by atoms with Crippen LogP contribution < -0.4 is 10.6 Å². The fourth-order valence-corrected chi connectivity index (χ4v) is 1.08. The summed E-state index contributed by atoms with van der Waals surface area (Å²) in [7, 11) is 0. The number of rotatable bonds is 7. The van der Waals surface area contributed by atoms with E-state index >= 15 is 0 Å². The molecule has 0 radical (unpaired) electrons. The molecule has 0 aliphatic heterocycles. The quantitative estimate of drug-likeness (QED) is 0.611. The normalized spacial score (nSPS) is 13.8. The van der Waals surface area contributed by atoms with Crippen molar-refractivity contribution in [3.63, 3.8) is 0 Å². The Kier molecular flexibility index (Phi) is 7.51. The van der Waals surface area contributed by atoms with Crippen LogP contribution in [0.1, 0.15) is 40.5 Å². The predicted molar refractivity (Wildman–Crippen MR) is 55.5 cm³/mol. The Labute approximate surface area is 77.1 Å². The molecule has 0 aromatic heterocycles. The summed E-state index contributed by atoms with van der Waals surface area (Å²) in [6.45, 7) is 11.1. The van der Waals surface area contributed by atoms with Crippen LogP contribution in [0.2, 0.25) is 0 Å². The summed E-state index contributed by atoms with van der Waals surface area (Å²) >= 11 is 0. The lowest BCUT2D eigenvalue weighted by atomic mass is 10.2. The second-order valence-corrected chi connectivity index (χ2v) is 3.75. The summed E-state index contributed by atoms with van der Waals surface area (Å²) < 4.78 is 0. The minimum Gasteiger partial charge on any atom is -0.314 e. The molecule has 0 heterocycles. The Hall–Kier alpha value is -0.0800. The second kappa shape index (κ2) is 7.56. The first-order chi connectivity index (χ1) is 5.66. The van der Waals surface area contributed by atoms with Gasteiger partial charge in [-0.15, -0.1) is 0 Å². The van der Waals surface area contributed by atoms with Gasteiger partial charge in [0.1, 0.15) is 0 Å². The van der Waals surface area contributed by atoms with Crippen molar-refractivity contribution in [3.8, 4) is 0 Å². The number of nitrogens with one attached hydrogen (secondary N) is 2. The Balaban J connectivity index is 3.13. The fraction of sp³-hybridized carbons (Fsp3) is 1.00. The van der Waals surface area contributed by atoms with E-state index in [-0.39, 0.29) is 0 Å². The van der Waals surface area contributed by atoms with E-state index < -0.39 is 0 Å². The van der Waals surface area contributed by atoms with E-state index in [0.29, 0.717) is 12.1 Å².